The number of carbonyl (C=O) groups excluding carboxylic acids is 1. The summed E-state index contributed by atoms with van der Waals surface area (Å²) in [5.41, 5.74) is 0.493. The molecule has 1 amide bonds. The zero-order valence-electron chi connectivity index (χ0n) is 11.4. The SMILES string of the molecule is CC1CCN(C(=O)c2cn(C3CCNCC3)nn2)C1. The van der Waals surface area contributed by atoms with Crippen LogP contribution < -0.4 is 5.32 Å². The summed E-state index contributed by atoms with van der Waals surface area (Å²) in [6, 6.07) is 0.382. The highest BCUT2D eigenvalue weighted by Gasteiger charge is 2.26. The van der Waals surface area contributed by atoms with Crippen LogP contribution >= 0.6 is 0 Å². The standard InChI is InChI=1S/C13H21N5O/c1-10-4-7-17(8-10)13(19)12-9-18(16-15-12)11-2-5-14-6-3-11/h9-11,14H,2-8H2,1H3. The van der Waals surface area contributed by atoms with Crippen molar-refractivity contribution in [1.29, 1.82) is 0 Å². The molecule has 0 spiro atoms. The lowest BCUT2D eigenvalue weighted by atomic mass is 10.1. The van der Waals surface area contributed by atoms with Crippen molar-refractivity contribution in [1.82, 2.24) is 25.2 Å². The first-order valence-corrected chi connectivity index (χ1v) is 7.16. The van der Waals surface area contributed by atoms with E-state index in [4.69, 9.17) is 0 Å². The Hall–Kier alpha value is -1.43. The van der Waals surface area contributed by atoms with Crippen molar-refractivity contribution in [3.63, 3.8) is 0 Å². The van der Waals surface area contributed by atoms with Crippen LogP contribution in [0.4, 0.5) is 0 Å². The van der Waals surface area contributed by atoms with Crippen molar-refractivity contribution in [2.45, 2.75) is 32.2 Å². The van der Waals surface area contributed by atoms with Crippen LogP contribution in [0.2, 0.25) is 0 Å². The van der Waals surface area contributed by atoms with E-state index in [1.165, 1.54) is 0 Å². The van der Waals surface area contributed by atoms with E-state index in [0.717, 1.165) is 45.4 Å². The van der Waals surface area contributed by atoms with Crippen molar-refractivity contribution < 1.29 is 4.79 Å². The molecule has 0 aromatic carbocycles. The number of rotatable bonds is 2. The summed E-state index contributed by atoms with van der Waals surface area (Å²) in [6.45, 7) is 5.90. The minimum atomic E-state index is 0.0320. The maximum Gasteiger partial charge on any atom is 0.276 e. The summed E-state index contributed by atoms with van der Waals surface area (Å²) >= 11 is 0. The Morgan fingerprint density at radius 1 is 1.37 bits per heavy atom. The predicted molar refractivity (Wildman–Crippen MR) is 70.8 cm³/mol. The first-order chi connectivity index (χ1) is 9.24. The molecular formula is C13H21N5O. The second-order valence-corrected chi connectivity index (χ2v) is 5.71. The Balaban J connectivity index is 1.68. The monoisotopic (exact) mass is 263 g/mol. The number of nitrogens with zero attached hydrogens (tertiary/aromatic N) is 4. The van der Waals surface area contributed by atoms with E-state index in [2.05, 4.69) is 22.6 Å². The van der Waals surface area contributed by atoms with Crippen molar-refractivity contribution in [3.8, 4) is 0 Å². The number of hydrogen-bond donors (Lipinski definition) is 1. The van der Waals surface area contributed by atoms with E-state index >= 15 is 0 Å². The largest absolute Gasteiger partial charge is 0.337 e. The molecular weight excluding hydrogens is 242 g/mol. The molecule has 1 N–H and O–H groups in total. The molecule has 1 atom stereocenters. The van der Waals surface area contributed by atoms with Gasteiger partial charge < -0.3 is 10.2 Å². The highest BCUT2D eigenvalue weighted by atomic mass is 16.2. The van der Waals surface area contributed by atoms with Crippen LogP contribution in [0.1, 0.15) is 42.7 Å². The van der Waals surface area contributed by atoms with Gasteiger partial charge in [-0.15, -0.1) is 5.10 Å². The van der Waals surface area contributed by atoms with Gasteiger partial charge in [0.05, 0.1) is 12.2 Å². The van der Waals surface area contributed by atoms with Crippen LogP contribution in [0.25, 0.3) is 0 Å². The fraction of sp³-hybridized carbons (Fsp3) is 0.769. The van der Waals surface area contributed by atoms with Gasteiger partial charge in [0, 0.05) is 13.1 Å². The van der Waals surface area contributed by atoms with E-state index in [9.17, 15) is 4.79 Å². The van der Waals surface area contributed by atoms with Gasteiger partial charge in [-0.05, 0) is 38.3 Å². The average Bonchev–Trinajstić information content (AvgIpc) is 3.08. The third-order valence-electron chi connectivity index (χ3n) is 4.12. The van der Waals surface area contributed by atoms with E-state index in [-0.39, 0.29) is 5.91 Å². The lowest BCUT2D eigenvalue weighted by molar-refractivity contribution is 0.0782. The van der Waals surface area contributed by atoms with Crippen molar-refractivity contribution in [2.75, 3.05) is 26.2 Å². The van der Waals surface area contributed by atoms with Crippen LogP contribution in [0.3, 0.4) is 0 Å². The Morgan fingerprint density at radius 3 is 2.84 bits per heavy atom. The molecule has 2 saturated heterocycles. The maximum atomic E-state index is 12.3. The van der Waals surface area contributed by atoms with Crippen molar-refractivity contribution in [2.24, 2.45) is 5.92 Å². The number of likely N-dealkylation sites (tertiary alicyclic amines) is 1. The smallest absolute Gasteiger partial charge is 0.276 e. The molecule has 2 fully saturated rings. The third-order valence-corrected chi connectivity index (χ3v) is 4.12. The molecule has 3 rings (SSSR count). The fourth-order valence-electron chi connectivity index (χ4n) is 2.91. The van der Waals surface area contributed by atoms with Gasteiger partial charge in [0.1, 0.15) is 0 Å². The van der Waals surface area contributed by atoms with E-state index in [1.807, 2.05) is 15.8 Å². The molecule has 0 radical (unpaired) electrons. The topological polar surface area (TPSA) is 63.1 Å². The Morgan fingerprint density at radius 2 is 2.16 bits per heavy atom. The molecule has 0 bridgehead atoms. The summed E-state index contributed by atoms with van der Waals surface area (Å²) in [5, 5.41) is 11.5. The number of carbonyl (C=O) groups is 1. The zero-order valence-corrected chi connectivity index (χ0v) is 11.4. The molecule has 1 aromatic rings. The lowest BCUT2D eigenvalue weighted by Gasteiger charge is -2.22. The summed E-state index contributed by atoms with van der Waals surface area (Å²) in [6.07, 6.45) is 5.02. The first-order valence-electron chi connectivity index (χ1n) is 7.16. The van der Waals surface area contributed by atoms with Gasteiger partial charge in [-0.25, -0.2) is 4.68 Å². The first kappa shape index (κ1) is 12.6. The Kier molecular flexibility index (Phi) is 3.50. The molecule has 1 aromatic heterocycles. The van der Waals surface area contributed by atoms with Crippen LogP contribution in [-0.2, 0) is 0 Å². The van der Waals surface area contributed by atoms with Gasteiger partial charge in [0.2, 0.25) is 0 Å². The molecule has 1 unspecified atom stereocenters. The highest BCUT2D eigenvalue weighted by molar-refractivity contribution is 5.92. The van der Waals surface area contributed by atoms with E-state index < -0.39 is 0 Å². The minimum Gasteiger partial charge on any atom is -0.337 e. The van der Waals surface area contributed by atoms with Gasteiger partial charge >= 0.3 is 0 Å². The number of amides is 1. The fourth-order valence-corrected chi connectivity index (χ4v) is 2.91. The normalized spacial score (nSPS) is 24.9. The number of nitrogens with one attached hydrogen (secondary N) is 1. The average molecular weight is 263 g/mol. The molecule has 2 aliphatic heterocycles. The molecule has 19 heavy (non-hydrogen) atoms. The lowest BCUT2D eigenvalue weighted by Crippen LogP contribution is -2.30. The summed E-state index contributed by atoms with van der Waals surface area (Å²) in [4.78, 5) is 14.2. The second kappa shape index (κ2) is 5.28. The summed E-state index contributed by atoms with van der Waals surface area (Å²) < 4.78 is 1.87. The van der Waals surface area contributed by atoms with Gasteiger partial charge in [-0.3, -0.25) is 4.79 Å². The molecule has 2 aliphatic rings. The molecule has 104 valence electrons. The minimum absolute atomic E-state index is 0.0320. The maximum absolute atomic E-state index is 12.3. The van der Waals surface area contributed by atoms with E-state index in [0.29, 0.717) is 17.7 Å². The van der Waals surface area contributed by atoms with E-state index in [1.54, 1.807) is 0 Å². The number of hydrogen-bond acceptors (Lipinski definition) is 4. The summed E-state index contributed by atoms with van der Waals surface area (Å²) in [7, 11) is 0. The quantitative estimate of drug-likeness (QED) is 0.852. The van der Waals surface area contributed by atoms with Crippen LogP contribution in [0, 0.1) is 5.92 Å². The summed E-state index contributed by atoms with van der Waals surface area (Å²) in [5.74, 6) is 0.632. The highest BCUT2D eigenvalue weighted by Crippen LogP contribution is 2.19. The molecule has 0 saturated carbocycles. The zero-order chi connectivity index (χ0) is 13.2. The molecule has 6 nitrogen and oxygen atoms in total. The predicted octanol–water partition coefficient (Wildman–Crippen LogP) is 0.685. The van der Waals surface area contributed by atoms with Gasteiger partial charge in [-0.2, -0.15) is 0 Å². The van der Waals surface area contributed by atoms with Crippen LogP contribution in [0.5, 0.6) is 0 Å². The second-order valence-electron chi connectivity index (χ2n) is 5.71. The van der Waals surface area contributed by atoms with Crippen LogP contribution in [-0.4, -0.2) is 52.0 Å². The van der Waals surface area contributed by atoms with Crippen molar-refractivity contribution in [3.05, 3.63) is 11.9 Å². The van der Waals surface area contributed by atoms with Gasteiger partial charge in [0.15, 0.2) is 5.69 Å². The Labute approximate surface area is 113 Å². The molecule has 0 aliphatic carbocycles. The third kappa shape index (κ3) is 2.63. The molecule has 3 heterocycles. The van der Waals surface area contributed by atoms with Crippen LogP contribution in [0.15, 0.2) is 6.20 Å². The molecule has 6 heteroatoms. The van der Waals surface area contributed by atoms with Gasteiger partial charge in [0.25, 0.3) is 5.91 Å². The number of aromatic nitrogens is 3. The van der Waals surface area contributed by atoms with Crippen molar-refractivity contribution >= 4 is 5.91 Å². The van der Waals surface area contributed by atoms with Gasteiger partial charge in [-0.1, -0.05) is 12.1 Å². The number of piperidine rings is 1. The Bertz CT molecular complexity index is 452.